The van der Waals surface area contributed by atoms with E-state index in [1.807, 2.05) is 0 Å². The summed E-state index contributed by atoms with van der Waals surface area (Å²) in [5.74, 6) is 0. The Morgan fingerprint density at radius 1 is 0.271 bits per heavy atom. The molecule has 0 unspecified atom stereocenters. The van der Waals surface area contributed by atoms with E-state index in [2.05, 4.69) is 287 Å². The summed E-state index contributed by atoms with van der Waals surface area (Å²) < 4.78 is 4.84. The van der Waals surface area contributed by atoms with E-state index in [0.717, 1.165) is 22.7 Å². The van der Waals surface area contributed by atoms with Crippen LogP contribution < -0.4 is 25.6 Å². The highest BCUT2D eigenvalue weighted by molar-refractivity contribution is 7.19. The molecule has 0 saturated heterocycles. The predicted octanol–water partition coefficient (Wildman–Crippen LogP) is 14.4. The van der Waals surface area contributed by atoms with Crippen LogP contribution in [0.25, 0.3) is 76.7 Å². The lowest BCUT2D eigenvalue weighted by atomic mass is 10.0. The number of aromatic nitrogens is 2. The lowest BCUT2D eigenvalue weighted by Gasteiger charge is -2.35. The maximum Gasteiger partial charge on any atom is 0.179 e. The Hall–Kier alpha value is -8.96. The Balaban J connectivity index is 0.934. The van der Waals surface area contributed by atoms with Crippen LogP contribution in [0.2, 0.25) is 0 Å². The minimum Gasteiger partial charge on any atom is -0.310 e. The van der Waals surface area contributed by atoms with Crippen LogP contribution in [0.4, 0.5) is 17.1 Å². The van der Waals surface area contributed by atoms with Crippen molar-refractivity contribution in [2.45, 2.75) is 0 Å². The molecule has 70 heavy (non-hydrogen) atoms. The Morgan fingerprint density at radius 3 is 1.31 bits per heavy atom. The minimum atomic E-state index is -2.73. The zero-order valence-electron chi connectivity index (χ0n) is 38.3. The summed E-state index contributed by atoms with van der Waals surface area (Å²) >= 11 is 0. The van der Waals surface area contributed by atoms with Gasteiger partial charge in [0.15, 0.2) is 8.07 Å². The molecule has 0 spiro atoms. The van der Waals surface area contributed by atoms with E-state index in [1.165, 1.54) is 91.8 Å². The van der Waals surface area contributed by atoms with Gasteiger partial charge in [-0.25, -0.2) is 0 Å². The summed E-state index contributed by atoms with van der Waals surface area (Å²) in [4.78, 5) is 2.43. The lowest BCUT2D eigenvalue weighted by Crippen LogP contribution is -2.74. The Labute approximate surface area is 407 Å². The van der Waals surface area contributed by atoms with E-state index < -0.39 is 8.07 Å². The van der Waals surface area contributed by atoms with Gasteiger partial charge >= 0.3 is 0 Å². The van der Waals surface area contributed by atoms with E-state index in [9.17, 15) is 0 Å². The highest BCUT2D eigenvalue weighted by atomic mass is 28.3. The summed E-state index contributed by atoms with van der Waals surface area (Å²) in [5, 5.41) is 13.0. The fourth-order valence-corrected chi connectivity index (χ4v) is 16.5. The van der Waals surface area contributed by atoms with Crippen LogP contribution in [0.3, 0.4) is 0 Å². The molecule has 0 aliphatic rings. The van der Waals surface area contributed by atoms with Crippen LogP contribution in [-0.4, -0.2) is 17.0 Å². The smallest absolute Gasteiger partial charge is 0.179 e. The van der Waals surface area contributed by atoms with Gasteiger partial charge in [0.05, 0.1) is 27.6 Å². The van der Waals surface area contributed by atoms with E-state index in [4.69, 9.17) is 0 Å². The van der Waals surface area contributed by atoms with Crippen molar-refractivity contribution in [2.75, 3.05) is 4.90 Å². The van der Waals surface area contributed by atoms with Crippen molar-refractivity contribution in [2.24, 2.45) is 0 Å². The second-order valence-electron chi connectivity index (χ2n) is 18.5. The van der Waals surface area contributed by atoms with E-state index in [1.54, 1.807) is 0 Å². The summed E-state index contributed by atoms with van der Waals surface area (Å²) in [6.07, 6.45) is 0. The second-order valence-corrected chi connectivity index (χ2v) is 22.3. The van der Waals surface area contributed by atoms with Crippen molar-refractivity contribution in [1.82, 2.24) is 8.97 Å². The normalized spacial score (nSPS) is 12.0. The molecule has 0 radical (unpaired) electrons. The zero-order valence-corrected chi connectivity index (χ0v) is 39.3. The summed E-state index contributed by atoms with van der Waals surface area (Å²) in [6, 6.07) is 101. The Morgan fingerprint density at radius 2 is 0.686 bits per heavy atom. The number of para-hydroxylation sites is 4. The topological polar surface area (TPSA) is 12.6 Å². The van der Waals surface area contributed by atoms with Crippen molar-refractivity contribution in [3.05, 3.63) is 273 Å². The van der Waals surface area contributed by atoms with Gasteiger partial charge in [0.25, 0.3) is 0 Å². The van der Waals surface area contributed by atoms with Crippen LogP contribution in [0.15, 0.2) is 273 Å². The first-order valence-corrected chi connectivity index (χ1v) is 26.2. The highest BCUT2D eigenvalue weighted by Gasteiger charge is 2.41. The minimum absolute atomic E-state index is 1.09. The fourth-order valence-electron chi connectivity index (χ4n) is 11.7. The van der Waals surface area contributed by atoms with Crippen LogP contribution >= 0.6 is 0 Å². The van der Waals surface area contributed by atoms with Gasteiger partial charge in [-0.05, 0) is 111 Å². The fraction of sp³-hybridized carbons (Fsp3) is 0. The van der Waals surface area contributed by atoms with Gasteiger partial charge < -0.3 is 13.9 Å². The molecule has 0 N–H and O–H groups in total. The van der Waals surface area contributed by atoms with E-state index >= 15 is 0 Å². The summed E-state index contributed by atoms with van der Waals surface area (Å²) in [6.45, 7) is 0. The number of benzene rings is 11. The average Bonchev–Trinajstić information content (AvgIpc) is 4.08. The van der Waals surface area contributed by atoms with Gasteiger partial charge in [-0.1, -0.05) is 194 Å². The molecule has 3 aromatic heterocycles. The molecule has 14 rings (SSSR count). The molecule has 3 heterocycles. The third kappa shape index (κ3) is 6.07. The maximum atomic E-state index is 2.45. The van der Waals surface area contributed by atoms with Crippen molar-refractivity contribution in [3.63, 3.8) is 0 Å². The van der Waals surface area contributed by atoms with Crippen LogP contribution in [0.1, 0.15) is 0 Å². The Kier molecular flexibility index (Phi) is 9.23. The molecular weight excluding hydrogens is 863 g/mol. The highest BCUT2D eigenvalue weighted by Crippen LogP contribution is 2.42. The standard InChI is InChI=1S/C66H45N3Si/c1-5-18-48(19-6-1)68-62-30-15-14-27-57(62)61-45-51(39-43-64(61)68)67(50-37-40-55(41-38-50)70(52-20-7-2-8-21-52,53-22-9-3-10-23-53)54-24-11-4-12-25-54)49-35-32-46(33-36-49)47-34-42-65-60(44-47)59-29-17-28-58-56-26-13-16-31-63(56)69(65)66(58)59/h1-45H. The number of fused-ring (bicyclic) bond motifs is 9. The monoisotopic (exact) mass is 907 g/mol. The maximum absolute atomic E-state index is 2.73. The number of nitrogens with zero attached hydrogens (tertiary/aromatic N) is 3. The zero-order chi connectivity index (χ0) is 46.2. The molecule has 0 aliphatic carbocycles. The van der Waals surface area contributed by atoms with Crippen molar-refractivity contribution >= 4 is 106 Å². The molecule has 0 fully saturated rings. The van der Waals surface area contributed by atoms with Gasteiger partial charge in [0, 0.05) is 55.1 Å². The van der Waals surface area contributed by atoms with Gasteiger partial charge in [-0.3, -0.25) is 0 Å². The quantitative estimate of drug-likeness (QED) is 0.104. The first kappa shape index (κ1) is 40.1. The van der Waals surface area contributed by atoms with Crippen molar-refractivity contribution < 1.29 is 0 Å². The van der Waals surface area contributed by atoms with Gasteiger partial charge in [-0.15, -0.1) is 0 Å². The number of anilines is 3. The third-order valence-electron chi connectivity index (χ3n) is 14.8. The average molecular weight is 908 g/mol. The van der Waals surface area contributed by atoms with E-state index in [-0.39, 0.29) is 0 Å². The summed E-state index contributed by atoms with van der Waals surface area (Å²) in [7, 11) is -2.73. The third-order valence-corrected chi connectivity index (χ3v) is 19.6. The second kappa shape index (κ2) is 16.1. The molecule has 0 amide bonds. The molecule has 0 bridgehead atoms. The molecule has 3 nitrogen and oxygen atoms in total. The predicted molar refractivity (Wildman–Crippen MR) is 299 cm³/mol. The Bertz CT molecular complexity index is 4100. The lowest BCUT2D eigenvalue weighted by molar-refractivity contribution is 1.18. The first-order chi connectivity index (χ1) is 34.7. The van der Waals surface area contributed by atoms with Crippen LogP contribution in [0, 0.1) is 0 Å². The number of hydrogen-bond donors (Lipinski definition) is 0. The molecule has 0 saturated carbocycles. The SMILES string of the molecule is c1ccc(-n2c3ccccc3c3cc(N(c4ccc(-c5ccc6c(c5)c5cccc7c8ccccc8n6c75)cc4)c4ccc([Si](c5ccccc5)(c5ccccc5)c5ccccc5)cc4)ccc32)cc1. The largest absolute Gasteiger partial charge is 0.310 e. The van der Waals surface area contributed by atoms with Crippen LogP contribution in [0.5, 0.6) is 0 Å². The van der Waals surface area contributed by atoms with Crippen molar-refractivity contribution in [3.8, 4) is 16.8 Å². The van der Waals surface area contributed by atoms with Gasteiger partial charge in [-0.2, -0.15) is 0 Å². The number of rotatable bonds is 9. The van der Waals surface area contributed by atoms with Crippen molar-refractivity contribution in [1.29, 1.82) is 0 Å². The van der Waals surface area contributed by atoms with Gasteiger partial charge in [0.2, 0.25) is 0 Å². The molecule has 14 aromatic rings. The molecule has 0 aliphatic heterocycles. The molecular formula is C66H45N3Si. The molecule has 328 valence electrons. The molecule has 4 heteroatoms. The molecule has 0 atom stereocenters. The first-order valence-electron chi connectivity index (χ1n) is 24.2. The van der Waals surface area contributed by atoms with E-state index in [0.29, 0.717) is 0 Å². The molecule has 11 aromatic carbocycles. The summed E-state index contributed by atoms with van der Waals surface area (Å²) in [5.41, 5.74) is 13.0. The number of hydrogen-bond acceptors (Lipinski definition) is 1. The van der Waals surface area contributed by atoms with Crippen LogP contribution in [-0.2, 0) is 0 Å². The van der Waals surface area contributed by atoms with Gasteiger partial charge in [0.1, 0.15) is 0 Å².